The highest BCUT2D eigenvalue weighted by Gasteiger charge is 2.54. The second-order valence-corrected chi connectivity index (χ2v) is 11.6. The zero-order valence-corrected chi connectivity index (χ0v) is 23.3. The highest BCUT2D eigenvalue weighted by Crippen LogP contribution is 2.50. The molecule has 1 saturated carbocycles. The van der Waals surface area contributed by atoms with Crippen LogP contribution in [-0.2, 0) is 11.2 Å². The number of carbonyl (C=O) groups is 2. The van der Waals surface area contributed by atoms with E-state index in [0.717, 1.165) is 61.6 Å². The minimum absolute atomic E-state index is 0.161. The van der Waals surface area contributed by atoms with Crippen LogP contribution in [0.1, 0.15) is 18.1 Å². The van der Waals surface area contributed by atoms with Crippen molar-refractivity contribution < 1.29 is 14.7 Å². The van der Waals surface area contributed by atoms with Crippen LogP contribution in [0.3, 0.4) is 0 Å². The lowest BCUT2D eigenvalue weighted by molar-refractivity contribution is -0.139. The fourth-order valence-electron chi connectivity index (χ4n) is 6.06. The molecule has 40 heavy (non-hydrogen) atoms. The third-order valence-electron chi connectivity index (χ3n) is 8.73. The number of aryl methyl sites for hydroxylation is 1. The average molecular weight is 553 g/mol. The molecule has 0 radical (unpaired) electrons. The zero-order chi connectivity index (χ0) is 28.6. The van der Waals surface area contributed by atoms with Gasteiger partial charge in [-0.05, 0) is 73.9 Å². The van der Waals surface area contributed by atoms with Crippen LogP contribution in [0.4, 0.5) is 10.6 Å². The lowest BCUT2D eigenvalue weighted by Crippen LogP contribution is -2.60. The van der Waals surface area contributed by atoms with Crippen LogP contribution >= 0.6 is 0 Å². The number of nitrogens with zero attached hydrogens (tertiary/aromatic N) is 5. The Kier molecular flexibility index (Phi) is 7.96. The van der Waals surface area contributed by atoms with E-state index >= 15 is 0 Å². The van der Waals surface area contributed by atoms with E-state index in [2.05, 4.69) is 28.2 Å². The third-order valence-corrected chi connectivity index (χ3v) is 8.73. The van der Waals surface area contributed by atoms with E-state index in [1.54, 1.807) is 22.1 Å². The number of aromatic nitrogens is 2. The zero-order valence-electron chi connectivity index (χ0n) is 23.3. The number of aliphatic hydroxyl groups is 1. The van der Waals surface area contributed by atoms with E-state index in [1.807, 2.05) is 12.1 Å². The first-order chi connectivity index (χ1) is 19.1. The minimum Gasteiger partial charge on any atom is -0.394 e. The molecule has 5 rings (SSSR count). The summed E-state index contributed by atoms with van der Waals surface area (Å²) in [6.45, 7) is 8.44. The van der Waals surface area contributed by atoms with E-state index < -0.39 is 23.9 Å². The van der Waals surface area contributed by atoms with Crippen LogP contribution in [0.15, 0.2) is 35.3 Å². The number of hydrogen-bond acceptors (Lipinski definition) is 8. The molecule has 2 unspecified atom stereocenters. The average Bonchev–Trinajstić information content (AvgIpc) is 3.43. The van der Waals surface area contributed by atoms with Gasteiger partial charge in [0.15, 0.2) is 0 Å². The normalized spacial score (nSPS) is 24.0. The molecular formula is C28H40N8O4. The van der Waals surface area contributed by atoms with E-state index in [4.69, 9.17) is 11.5 Å². The van der Waals surface area contributed by atoms with Gasteiger partial charge in [-0.3, -0.25) is 14.7 Å². The van der Waals surface area contributed by atoms with Crippen LogP contribution in [0.2, 0.25) is 0 Å². The maximum Gasteiger partial charge on any atom is 0.354 e. The fourth-order valence-corrected chi connectivity index (χ4v) is 6.06. The number of aliphatic hydroxyl groups excluding tert-OH is 1. The summed E-state index contributed by atoms with van der Waals surface area (Å²) in [6, 6.07) is 7.19. The fraction of sp³-hybridized carbons (Fsp3) is 0.571. The lowest BCUT2D eigenvalue weighted by atomic mass is 10.0. The number of carbonyl (C=O) groups excluding carboxylic acids is 2. The van der Waals surface area contributed by atoms with Crippen LogP contribution in [0.25, 0.3) is 5.69 Å². The number of hydrogen-bond donors (Lipinski definition) is 4. The third kappa shape index (κ3) is 5.75. The van der Waals surface area contributed by atoms with Crippen molar-refractivity contribution in [3.8, 4) is 5.69 Å². The molecule has 3 aliphatic rings. The van der Waals surface area contributed by atoms with E-state index in [0.29, 0.717) is 26.2 Å². The molecule has 2 aromatic rings. The molecule has 12 nitrogen and oxygen atoms in total. The Hall–Kier alpha value is -3.32. The maximum atomic E-state index is 12.8. The summed E-state index contributed by atoms with van der Waals surface area (Å²) in [5.74, 6) is 2.13. The van der Waals surface area contributed by atoms with Crippen molar-refractivity contribution in [3.05, 3.63) is 52.1 Å². The molecule has 0 spiro atoms. The van der Waals surface area contributed by atoms with Gasteiger partial charge in [0.2, 0.25) is 5.91 Å². The highest BCUT2D eigenvalue weighted by molar-refractivity contribution is 5.89. The molecule has 12 heteroatoms. The summed E-state index contributed by atoms with van der Waals surface area (Å²) in [4.78, 5) is 47.7. The van der Waals surface area contributed by atoms with Crippen molar-refractivity contribution in [2.45, 2.75) is 25.8 Å². The summed E-state index contributed by atoms with van der Waals surface area (Å²) < 4.78 is 1.46. The molecule has 3 atom stereocenters. The Morgan fingerprint density at radius 2 is 1.80 bits per heavy atom. The van der Waals surface area contributed by atoms with Gasteiger partial charge in [0.25, 0.3) is 0 Å². The van der Waals surface area contributed by atoms with Crippen molar-refractivity contribution in [3.63, 3.8) is 0 Å². The molecule has 3 fully saturated rings. The maximum absolute atomic E-state index is 12.8. The van der Waals surface area contributed by atoms with Crippen LogP contribution in [0.5, 0.6) is 0 Å². The number of piperidine rings is 1. The highest BCUT2D eigenvalue weighted by atomic mass is 16.3. The second-order valence-electron chi connectivity index (χ2n) is 11.6. The number of piperazine rings is 1. The molecule has 1 aromatic carbocycles. The van der Waals surface area contributed by atoms with Crippen LogP contribution in [-0.4, -0.2) is 106 Å². The molecular weight excluding hydrogens is 512 g/mol. The van der Waals surface area contributed by atoms with Gasteiger partial charge in [-0.2, -0.15) is 4.98 Å². The Balaban J connectivity index is 1.14. The molecule has 6 N–H and O–H groups in total. The molecule has 0 bridgehead atoms. The van der Waals surface area contributed by atoms with E-state index in [9.17, 15) is 19.5 Å². The first kappa shape index (κ1) is 28.2. The topological polar surface area (TPSA) is 163 Å². The van der Waals surface area contributed by atoms with E-state index in [1.165, 1.54) is 17.1 Å². The first-order valence-electron chi connectivity index (χ1n) is 14.0. The van der Waals surface area contributed by atoms with Crippen molar-refractivity contribution in [1.82, 2.24) is 24.3 Å². The summed E-state index contributed by atoms with van der Waals surface area (Å²) in [6.07, 6.45) is 2.57. The van der Waals surface area contributed by atoms with Gasteiger partial charge >= 0.3 is 11.7 Å². The monoisotopic (exact) mass is 552 g/mol. The number of anilines is 1. The Morgan fingerprint density at radius 3 is 2.40 bits per heavy atom. The van der Waals surface area contributed by atoms with Crippen molar-refractivity contribution >= 4 is 17.8 Å². The van der Waals surface area contributed by atoms with Gasteiger partial charge < -0.3 is 31.3 Å². The van der Waals surface area contributed by atoms with Crippen molar-refractivity contribution in [2.75, 3.05) is 64.3 Å². The van der Waals surface area contributed by atoms with Crippen LogP contribution in [0, 0.1) is 24.7 Å². The van der Waals surface area contributed by atoms with Gasteiger partial charge in [-0.25, -0.2) is 9.59 Å². The predicted molar refractivity (Wildman–Crippen MR) is 151 cm³/mol. The minimum atomic E-state index is -1.35. The number of amides is 3. The Morgan fingerprint density at radius 1 is 1.12 bits per heavy atom. The van der Waals surface area contributed by atoms with Gasteiger partial charge in [-0.1, -0.05) is 6.07 Å². The predicted octanol–water partition coefficient (Wildman–Crippen LogP) is -0.394. The van der Waals surface area contributed by atoms with Crippen molar-refractivity contribution in [1.29, 1.82) is 0 Å². The number of likely N-dealkylation sites (tertiary alicyclic amines) is 1. The Bertz CT molecular complexity index is 1310. The number of fused-ring (bicyclic) bond motifs is 1. The SMILES string of the molecule is Cc1cc(-n2ccc(NC(=O)N3CCN(C(=O)[C@@](C)(N)CO)CC3)nc2=O)ccc1CCN1CC2C(CN)C2C1. The number of benzene rings is 1. The van der Waals surface area contributed by atoms with Gasteiger partial charge in [-0.15, -0.1) is 0 Å². The molecule has 1 aliphatic carbocycles. The van der Waals surface area contributed by atoms with Gasteiger partial charge in [0.05, 0.1) is 12.3 Å². The molecule has 3 amide bonds. The lowest BCUT2D eigenvalue weighted by Gasteiger charge is -2.37. The van der Waals surface area contributed by atoms with Gasteiger partial charge in [0.1, 0.15) is 11.4 Å². The Labute approximate surface area is 233 Å². The standard InChI is InChI=1S/C28H40N8O4/c1-18-13-20(4-3-19(18)5-7-33-15-22-21(14-29)23(22)16-33)36-8-6-24(32-27(36)40)31-26(39)35-11-9-34(10-12-35)25(38)28(2,30)17-37/h3-4,6,8,13,21-23,37H,5,7,9-12,14-17,29-30H2,1-2H3,(H,31,32,39,40)/t21?,22?,23?,28-/m0/s1. The first-order valence-corrected chi connectivity index (χ1v) is 14.0. The van der Waals surface area contributed by atoms with Crippen LogP contribution < -0.4 is 22.5 Å². The summed E-state index contributed by atoms with van der Waals surface area (Å²) >= 11 is 0. The van der Waals surface area contributed by atoms with E-state index in [-0.39, 0.29) is 11.7 Å². The summed E-state index contributed by atoms with van der Waals surface area (Å²) in [5.41, 5.74) is 12.9. The number of nitrogens with one attached hydrogen (secondary N) is 1. The number of urea groups is 1. The molecule has 2 aliphatic heterocycles. The largest absolute Gasteiger partial charge is 0.394 e. The summed E-state index contributed by atoms with van der Waals surface area (Å²) in [5, 5.41) is 12.0. The second kappa shape index (κ2) is 11.3. The summed E-state index contributed by atoms with van der Waals surface area (Å²) in [7, 11) is 0. The molecule has 1 aromatic heterocycles. The van der Waals surface area contributed by atoms with Gasteiger partial charge in [0, 0.05) is 52.0 Å². The molecule has 216 valence electrons. The van der Waals surface area contributed by atoms with Crippen molar-refractivity contribution in [2.24, 2.45) is 29.2 Å². The molecule has 3 heterocycles. The molecule has 2 saturated heterocycles. The quantitative estimate of drug-likeness (QED) is 0.344. The number of rotatable bonds is 8. The number of nitrogens with two attached hydrogens (primary N) is 2. The smallest absolute Gasteiger partial charge is 0.354 e.